The van der Waals surface area contributed by atoms with Gasteiger partial charge in [-0.05, 0) is 43.4 Å². The zero-order valence-corrected chi connectivity index (χ0v) is 11.7. The molecule has 0 amide bonds. The standard InChI is InChI=1S/C16H22O3/c1-11(17)13-8-14(10-19-2)16(18)15(9-13)12-6-4-3-5-7-12/h8-9,12,18H,3-7,10H2,1-2H3. The molecule has 2 rings (SSSR count). The number of phenolic OH excluding ortho intramolecular Hbond substituents is 1. The van der Waals surface area contributed by atoms with Crippen LogP contribution in [-0.4, -0.2) is 18.0 Å². The number of hydrogen-bond acceptors (Lipinski definition) is 3. The number of rotatable bonds is 4. The molecule has 104 valence electrons. The zero-order chi connectivity index (χ0) is 13.8. The fraction of sp³-hybridized carbons (Fsp3) is 0.562. The van der Waals surface area contributed by atoms with Crippen molar-refractivity contribution in [2.45, 2.75) is 51.6 Å². The molecular weight excluding hydrogens is 240 g/mol. The zero-order valence-electron chi connectivity index (χ0n) is 11.7. The third-order valence-corrected chi connectivity index (χ3v) is 3.97. The third kappa shape index (κ3) is 3.16. The van der Waals surface area contributed by atoms with Crippen LogP contribution in [-0.2, 0) is 11.3 Å². The molecule has 3 nitrogen and oxygen atoms in total. The van der Waals surface area contributed by atoms with Gasteiger partial charge in [0.2, 0.25) is 0 Å². The Hall–Kier alpha value is -1.35. The van der Waals surface area contributed by atoms with Gasteiger partial charge in [0.15, 0.2) is 5.78 Å². The molecule has 1 aliphatic rings. The molecule has 1 aromatic rings. The number of ketones is 1. The highest BCUT2D eigenvalue weighted by Crippen LogP contribution is 2.39. The summed E-state index contributed by atoms with van der Waals surface area (Å²) in [7, 11) is 1.60. The van der Waals surface area contributed by atoms with Gasteiger partial charge in [-0.1, -0.05) is 19.3 Å². The van der Waals surface area contributed by atoms with Crippen molar-refractivity contribution >= 4 is 5.78 Å². The minimum atomic E-state index is 0.0365. The molecule has 19 heavy (non-hydrogen) atoms. The van der Waals surface area contributed by atoms with Gasteiger partial charge in [0.05, 0.1) is 6.61 Å². The van der Waals surface area contributed by atoms with Gasteiger partial charge in [-0.25, -0.2) is 0 Å². The summed E-state index contributed by atoms with van der Waals surface area (Å²) in [6.07, 6.45) is 5.87. The molecule has 1 aliphatic carbocycles. The van der Waals surface area contributed by atoms with Crippen molar-refractivity contribution in [2.75, 3.05) is 7.11 Å². The molecule has 0 aromatic heterocycles. The van der Waals surface area contributed by atoms with Crippen molar-refractivity contribution in [1.82, 2.24) is 0 Å². The quantitative estimate of drug-likeness (QED) is 0.840. The van der Waals surface area contributed by atoms with Crippen LogP contribution in [0.1, 0.15) is 66.4 Å². The Kier molecular flexibility index (Phi) is 4.59. The maximum Gasteiger partial charge on any atom is 0.159 e. The summed E-state index contributed by atoms with van der Waals surface area (Å²) >= 11 is 0. The van der Waals surface area contributed by atoms with E-state index in [-0.39, 0.29) is 5.78 Å². The first-order valence-corrected chi connectivity index (χ1v) is 6.99. The summed E-state index contributed by atoms with van der Waals surface area (Å²) in [4.78, 5) is 11.6. The first kappa shape index (κ1) is 14.1. The molecule has 0 heterocycles. The van der Waals surface area contributed by atoms with E-state index in [0.717, 1.165) is 24.0 Å². The van der Waals surface area contributed by atoms with Crippen LogP contribution in [0.2, 0.25) is 0 Å². The highest BCUT2D eigenvalue weighted by Gasteiger charge is 2.21. The molecule has 0 atom stereocenters. The van der Waals surface area contributed by atoms with Crippen LogP contribution < -0.4 is 0 Å². The average Bonchev–Trinajstić information content (AvgIpc) is 2.42. The highest BCUT2D eigenvalue weighted by atomic mass is 16.5. The molecule has 0 saturated heterocycles. The molecule has 0 spiro atoms. The van der Waals surface area contributed by atoms with Crippen LogP contribution in [0, 0.1) is 0 Å². The van der Waals surface area contributed by atoms with E-state index in [4.69, 9.17) is 4.74 Å². The fourth-order valence-corrected chi connectivity index (χ4v) is 2.91. The maximum absolute atomic E-state index is 11.6. The van der Waals surface area contributed by atoms with Gasteiger partial charge in [-0.3, -0.25) is 4.79 Å². The molecule has 1 saturated carbocycles. The number of hydrogen-bond donors (Lipinski definition) is 1. The number of phenols is 1. The number of methoxy groups -OCH3 is 1. The van der Waals surface area contributed by atoms with E-state index in [2.05, 4.69) is 0 Å². The summed E-state index contributed by atoms with van der Waals surface area (Å²) in [5, 5.41) is 10.4. The lowest BCUT2D eigenvalue weighted by Crippen LogP contribution is -2.08. The van der Waals surface area contributed by atoms with Crippen molar-refractivity contribution in [1.29, 1.82) is 0 Å². The van der Waals surface area contributed by atoms with E-state index in [0.29, 0.717) is 23.8 Å². The van der Waals surface area contributed by atoms with E-state index in [1.807, 2.05) is 6.07 Å². The Balaban J connectivity index is 2.41. The molecule has 0 aliphatic heterocycles. The molecule has 1 N–H and O–H groups in total. The van der Waals surface area contributed by atoms with Crippen LogP contribution in [0.5, 0.6) is 5.75 Å². The Bertz CT molecular complexity index is 459. The molecule has 0 unspecified atom stereocenters. The van der Waals surface area contributed by atoms with Gasteiger partial charge in [0.1, 0.15) is 5.75 Å². The minimum absolute atomic E-state index is 0.0365. The first-order valence-electron chi connectivity index (χ1n) is 6.99. The topological polar surface area (TPSA) is 46.5 Å². The second-order valence-electron chi connectivity index (χ2n) is 5.40. The Morgan fingerprint density at radius 1 is 1.32 bits per heavy atom. The largest absolute Gasteiger partial charge is 0.507 e. The molecule has 3 heteroatoms. The van der Waals surface area contributed by atoms with Crippen molar-refractivity contribution < 1.29 is 14.6 Å². The summed E-state index contributed by atoms with van der Waals surface area (Å²) in [6.45, 7) is 1.90. The minimum Gasteiger partial charge on any atom is -0.507 e. The number of ether oxygens (including phenoxy) is 1. The Morgan fingerprint density at radius 3 is 2.58 bits per heavy atom. The van der Waals surface area contributed by atoms with Crippen LogP contribution in [0.15, 0.2) is 12.1 Å². The monoisotopic (exact) mass is 262 g/mol. The first-order chi connectivity index (χ1) is 9.13. The summed E-state index contributed by atoms with van der Waals surface area (Å²) in [5.41, 5.74) is 2.32. The lowest BCUT2D eigenvalue weighted by atomic mass is 9.82. The van der Waals surface area contributed by atoms with E-state index < -0.39 is 0 Å². The van der Waals surface area contributed by atoms with Gasteiger partial charge in [-0.15, -0.1) is 0 Å². The lowest BCUT2D eigenvalue weighted by molar-refractivity contribution is 0.101. The SMILES string of the molecule is COCc1cc(C(C)=O)cc(C2CCCCC2)c1O. The van der Waals surface area contributed by atoms with Gasteiger partial charge >= 0.3 is 0 Å². The van der Waals surface area contributed by atoms with Crippen LogP contribution in [0.4, 0.5) is 0 Å². The molecule has 1 fully saturated rings. The van der Waals surface area contributed by atoms with Crippen molar-refractivity contribution in [3.8, 4) is 5.75 Å². The number of carbonyl (C=O) groups excluding carboxylic acids is 1. The van der Waals surface area contributed by atoms with E-state index >= 15 is 0 Å². The Labute approximate surface area is 114 Å². The predicted octanol–water partition coefficient (Wildman–Crippen LogP) is 3.79. The van der Waals surface area contributed by atoms with Crippen LogP contribution >= 0.6 is 0 Å². The van der Waals surface area contributed by atoms with Crippen LogP contribution in [0.3, 0.4) is 0 Å². The van der Waals surface area contributed by atoms with Gasteiger partial charge in [-0.2, -0.15) is 0 Å². The maximum atomic E-state index is 11.6. The normalized spacial score (nSPS) is 16.5. The average molecular weight is 262 g/mol. The number of carbonyl (C=O) groups is 1. The lowest BCUT2D eigenvalue weighted by Gasteiger charge is -2.24. The number of benzene rings is 1. The highest BCUT2D eigenvalue weighted by molar-refractivity contribution is 5.94. The van der Waals surface area contributed by atoms with Crippen molar-refractivity contribution in [3.05, 3.63) is 28.8 Å². The molecule has 1 aromatic carbocycles. The van der Waals surface area contributed by atoms with E-state index in [1.54, 1.807) is 20.1 Å². The van der Waals surface area contributed by atoms with Gasteiger partial charge < -0.3 is 9.84 Å². The second kappa shape index (κ2) is 6.20. The van der Waals surface area contributed by atoms with Crippen molar-refractivity contribution in [2.24, 2.45) is 0 Å². The molecule has 0 radical (unpaired) electrons. The summed E-state index contributed by atoms with van der Waals surface area (Å²) in [5.74, 6) is 0.733. The second-order valence-corrected chi connectivity index (χ2v) is 5.40. The third-order valence-electron chi connectivity index (χ3n) is 3.97. The molecular formula is C16H22O3. The van der Waals surface area contributed by atoms with Gasteiger partial charge in [0.25, 0.3) is 0 Å². The Morgan fingerprint density at radius 2 is 2.00 bits per heavy atom. The van der Waals surface area contributed by atoms with Crippen molar-refractivity contribution in [3.63, 3.8) is 0 Å². The smallest absolute Gasteiger partial charge is 0.159 e. The number of aromatic hydroxyl groups is 1. The summed E-state index contributed by atoms with van der Waals surface area (Å²) < 4.78 is 5.11. The van der Waals surface area contributed by atoms with E-state index in [1.165, 1.54) is 19.3 Å². The van der Waals surface area contributed by atoms with E-state index in [9.17, 15) is 9.90 Å². The fourth-order valence-electron chi connectivity index (χ4n) is 2.91. The summed E-state index contributed by atoms with van der Waals surface area (Å²) in [6, 6.07) is 3.61. The van der Waals surface area contributed by atoms with Gasteiger partial charge in [0, 0.05) is 18.2 Å². The van der Waals surface area contributed by atoms with Crippen LogP contribution in [0.25, 0.3) is 0 Å². The predicted molar refractivity (Wildman–Crippen MR) is 74.7 cm³/mol. The number of Topliss-reactive ketones (excluding diaryl/α,β-unsaturated/α-hetero) is 1. The molecule has 0 bridgehead atoms.